The van der Waals surface area contributed by atoms with E-state index in [0.717, 1.165) is 7.11 Å². The van der Waals surface area contributed by atoms with E-state index in [-0.39, 0.29) is 18.8 Å². The third kappa shape index (κ3) is 7.76. The molecule has 1 aliphatic heterocycles. The molecule has 19 heavy (non-hydrogen) atoms. The second kappa shape index (κ2) is 8.84. The lowest BCUT2D eigenvalue weighted by Crippen LogP contribution is -2.29. The van der Waals surface area contributed by atoms with Gasteiger partial charge in [0.1, 0.15) is 5.82 Å². The van der Waals surface area contributed by atoms with Crippen LogP contribution in [0.4, 0.5) is 17.6 Å². The maximum Gasteiger partial charge on any atom is 0.414 e. The third-order valence-corrected chi connectivity index (χ3v) is 2.13. The summed E-state index contributed by atoms with van der Waals surface area (Å²) in [5.74, 6) is -0.178. The zero-order valence-corrected chi connectivity index (χ0v) is 10.4. The summed E-state index contributed by atoms with van der Waals surface area (Å²) in [6, 6.07) is 7.49. The number of nitrogens with two attached hydrogens (primary N) is 1. The van der Waals surface area contributed by atoms with Gasteiger partial charge in [0.15, 0.2) is 6.10 Å². The van der Waals surface area contributed by atoms with Gasteiger partial charge in [0, 0.05) is 13.2 Å². The van der Waals surface area contributed by atoms with E-state index in [1.165, 1.54) is 12.1 Å². The topological polar surface area (TPSA) is 55.5 Å². The molecular weight excluding hydrogens is 266 g/mol. The highest BCUT2D eigenvalue weighted by Gasteiger charge is 2.44. The minimum absolute atomic E-state index is 0.0180. The molecule has 3 nitrogen and oxygen atoms in total. The fourth-order valence-electron chi connectivity index (χ4n) is 1.29. The summed E-state index contributed by atoms with van der Waals surface area (Å²) >= 11 is 0. The first-order valence-corrected chi connectivity index (χ1v) is 5.48. The van der Waals surface area contributed by atoms with E-state index in [4.69, 9.17) is 10.8 Å². The van der Waals surface area contributed by atoms with Gasteiger partial charge in [-0.3, -0.25) is 0 Å². The highest BCUT2D eigenvalue weighted by atomic mass is 19.4. The molecule has 3 N–H and O–H groups in total. The van der Waals surface area contributed by atoms with Gasteiger partial charge in [-0.15, -0.1) is 0 Å². The first-order valence-electron chi connectivity index (χ1n) is 5.48. The molecule has 1 aliphatic rings. The number of hydrogen-bond acceptors (Lipinski definition) is 3. The smallest absolute Gasteiger partial charge is 0.400 e. The molecule has 1 aromatic carbocycles. The minimum Gasteiger partial charge on any atom is -0.400 e. The molecule has 1 saturated heterocycles. The Morgan fingerprint density at radius 3 is 1.95 bits per heavy atom. The molecule has 1 heterocycles. The molecule has 0 spiro atoms. The van der Waals surface area contributed by atoms with Crippen molar-refractivity contribution in [2.75, 3.05) is 13.7 Å². The Balaban J connectivity index is 0.000000316. The van der Waals surface area contributed by atoms with Crippen LogP contribution in [-0.4, -0.2) is 37.1 Å². The Hall–Kier alpha value is -1.18. The van der Waals surface area contributed by atoms with Crippen LogP contribution in [0.25, 0.3) is 0 Å². The number of benzene rings is 1. The molecule has 2 unspecified atom stereocenters. The highest BCUT2D eigenvalue weighted by Crippen LogP contribution is 2.29. The van der Waals surface area contributed by atoms with Crippen molar-refractivity contribution in [1.29, 1.82) is 0 Å². The van der Waals surface area contributed by atoms with Crippen molar-refractivity contribution in [3.05, 3.63) is 36.1 Å². The van der Waals surface area contributed by atoms with Gasteiger partial charge in [-0.1, -0.05) is 18.2 Å². The fraction of sp³-hybridized carbons (Fsp3) is 0.500. The lowest BCUT2D eigenvalue weighted by atomic mass is 10.2. The summed E-state index contributed by atoms with van der Waals surface area (Å²) in [6.45, 7) is 0.0180. The first kappa shape index (κ1) is 17.8. The van der Waals surface area contributed by atoms with Crippen molar-refractivity contribution in [2.45, 2.75) is 24.7 Å². The fourth-order valence-corrected chi connectivity index (χ4v) is 1.29. The number of halogens is 4. The van der Waals surface area contributed by atoms with Gasteiger partial charge in [-0.25, -0.2) is 4.39 Å². The molecule has 0 aliphatic carbocycles. The summed E-state index contributed by atoms with van der Waals surface area (Å²) < 4.78 is 51.5. The molecule has 2 rings (SSSR count). The van der Waals surface area contributed by atoms with Crippen molar-refractivity contribution in [3.63, 3.8) is 0 Å². The number of hydrogen-bond donors (Lipinski definition) is 2. The number of aliphatic hydroxyl groups is 1. The monoisotopic (exact) mass is 283 g/mol. The van der Waals surface area contributed by atoms with Gasteiger partial charge in [0.25, 0.3) is 0 Å². The third-order valence-electron chi connectivity index (χ3n) is 2.13. The van der Waals surface area contributed by atoms with Crippen LogP contribution < -0.4 is 5.73 Å². The molecule has 0 radical (unpaired) electrons. The van der Waals surface area contributed by atoms with E-state index in [2.05, 4.69) is 4.74 Å². The van der Waals surface area contributed by atoms with E-state index < -0.39 is 18.3 Å². The van der Waals surface area contributed by atoms with Crippen LogP contribution >= 0.6 is 0 Å². The zero-order valence-electron chi connectivity index (χ0n) is 10.4. The molecule has 0 amide bonds. The summed E-state index contributed by atoms with van der Waals surface area (Å²) in [7, 11) is 1.00. The lowest BCUT2D eigenvalue weighted by Gasteiger charge is -2.12. The molecule has 1 fully saturated rings. The van der Waals surface area contributed by atoms with E-state index in [1.807, 2.05) is 0 Å². The summed E-state index contributed by atoms with van der Waals surface area (Å²) in [5.41, 5.74) is 5.20. The first-order chi connectivity index (χ1) is 8.89. The van der Waals surface area contributed by atoms with Gasteiger partial charge in [-0.2, -0.15) is 13.2 Å². The van der Waals surface area contributed by atoms with Crippen LogP contribution in [0.2, 0.25) is 0 Å². The van der Waals surface area contributed by atoms with Gasteiger partial charge in [-0.05, 0) is 18.6 Å². The molecule has 0 aromatic heterocycles. The predicted octanol–water partition coefficient (Wildman–Crippen LogP) is 2.10. The van der Waals surface area contributed by atoms with E-state index in [9.17, 15) is 17.6 Å². The number of rotatable bonds is 0. The second-order valence-corrected chi connectivity index (χ2v) is 3.65. The summed E-state index contributed by atoms with van der Waals surface area (Å²) in [4.78, 5) is 0. The quantitative estimate of drug-likeness (QED) is 0.717. The van der Waals surface area contributed by atoms with Crippen LogP contribution in [0, 0.1) is 5.82 Å². The molecule has 0 bridgehead atoms. The Morgan fingerprint density at radius 1 is 1.21 bits per heavy atom. The van der Waals surface area contributed by atoms with Crippen LogP contribution in [0.1, 0.15) is 6.42 Å². The zero-order chi connectivity index (χ0) is 14.9. The average molecular weight is 283 g/mol. The van der Waals surface area contributed by atoms with E-state index in [1.54, 1.807) is 18.2 Å². The molecule has 110 valence electrons. The Kier molecular flexibility index (Phi) is 8.29. The number of alkyl halides is 3. The summed E-state index contributed by atoms with van der Waals surface area (Å²) in [5, 5.41) is 7.00. The van der Waals surface area contributed by atoms with E-state index in [0.29, 0.717) is 0 Å². The van der Waals surface area contributed by atoms with Crippen LogP contribution in [-0.2, 0) is 4.74 Å². The second-order valence-electron chi connectivity index (χ2n) is 3.65. The van der Waals surface area contributed by atoms with Crippen LogP contribution in [0.5, 0.6) is 0 Å². The number of ether oxygens (including phenoxy) is 1. The van der Waals surface area contributed by atoms with Gasteiger partial charge in [0.2, 0.25) is 0 Å². The predicted molar refractivity (Wildman–Crippen MR) is 62.9 cm³/mol. The Bertz CT molecular complexity index is 332. The van der Waals surface area contributed by atoms with Gasteiger partial charge in [0.05, 0.1) is 6.61 Å². The van der Waals surface area contributed by atoms with Crippen molar-refractivity contribution in [3.8, 4) is 0 Å². The van der Waals surface area contributed by atoms with Crippen LogP contribution in [0.3, 0.4) is 0 Å². The maximum absolute atomic E-state index is 11.9. The van der Waals surface area contributed by atoms with Gasteiger partial charge < -0.3 is 15.6 Å². The van der Waals surface area contributed by atoms with Crippen molar-refractivity contribution < 1.29 is 27.4 Å². The van der Waals surface area contributed by atoms with Crippen molar-refractivity contribution >= 4 is 0 Å². The number of aliphatic hydroxyl groups excluding tert-OH is 1. The lowest BCUT2D eigenvalue weighted by molar-refractivity contribution is -0.206. The normalized spacial score (nSPS) is 21.8. The Labute approximate surface area is 109 Å². The molecule has 1 aromatic rings. The summed E-state index contributed by atoms with van der Waals surface area (Å²) in [6.07, 6.45) is -5.99. The average Bonchev–Trinajstić information content (AvgIpc) is 2.80. The van der Waals surface area contributed by atoms with Gasteiger partial charge >= 0.3 is 6.18 Å². The van der Waals surface area contributed by atoms with Crippen molar-refractivity contribution in [1.82, 2.24) is 0 Å². The van der Waals surface area contributed by atoms with E-state index >= 15 is 0 Å². The van der Waals surface area contributed by atoms with Crippen molar-refractivity contribution in [2.24, 2.45) is 5.73 Å². The standard InChI is InChI=1S/C6H5F.C5H8F3NO.CH4O/c7-6-4-2-1-3-5-6;6-5(7,8)4-1-3(9)2-10-4;1-2/h1-5H;3-4H,1-2,9H2;2H,1H3. The highest BCUT2D eigenvalue weighted by molar-refractivity contribution is 5.02. The molecule has 7 heteroatoms. The maximum atomic E-state index is 11.9. The van der Waals surface area contributed by atoms with Crippen LogP contribution in [0.15, 0.2) is 30.3 Å². The minimum atomic E-state index is -4.24. The molecule has 0 saturated carbocycles. The largest absolute Gasteiger partial charge is 0.414 e. The molecular formula is C12H17F4NO2. The molecule has 2 atom stereocenters. The SMILES string of the molecule is CO.Fc1ccccc1.NC1COC(C(F)(F)F)C1. The Morgan fingerprint density at radius 2 is 1.74 bits per heavy atom.